The van der Waals surface area contributed by atoms with Gasteiger partial charge in [0.15, 0.2) is 11.8 Å². The van der Waals surface area contributed by atoms with Crippen LogP contribution in [0.15, 0.2) is 33.8 Å². The van der Waals surface area contributed by atoms with Crippen molar-refractivity contribution in [2.24, 2.45) is 4.99 Å². The number of aliphatic imine (C=N–C) groups is 1. The molecule has 1 fully saturated rings. The van der Waals surface area contributed by atoms with Crippen LogP contribution in [0, 0.1) is 6.92 Å². The van der Waals surface area contributed by atoms with Crippen LogP contribution in [0.25, 0.3) is 0 Å². The number of ether oxygens (including phenoxy) is 2. The first kappa shape index (κ1) is 24.4. The van der Waals surface area contributed by atoms with Crippen LogP contribution in [0.4, 0.5) is 0 Å². The molecule has 2 heterocycles. The molecule has 0 spiro atoms. The Morgan fingerprint density at radius 2 is 1.97 bits per heavy atom. The van der Waals surface area contributed by atoms with Gasteiger partial charge in [-0.1, -0.05) is 17.3 Å². The number of benzene rings is 1. The molecule has 1 atom stereocenters. The fraction of sp³-hybridized carbons (Fsp3) is 0.550. The Morgan fingerprint density at radius 1 is 1.23 bits per heavy atom. The van der Waals surface area contributed by atoms with Gasteiger partial charge in [-0.05, 0) is 24.6 Å². The van der Waals surface area contributed by atoms with Gasteiger partial charge in [-0.3, -0.25) is 9.89 Å². The van der Waals surface area contributed by atoms with Crippen LogP contribution in [-0.2, 0) is 11.2 Å². The predicted octanol–water partition coefficient (Wildman–Crippen LogP) is 1.79. The van der Waals surface area contributed by atoms with Gasteiger partial charge in [-0.15, -0.1) is 24.0 Å². The quantitative estimate of drug-likeness (QED) is 0.303. The minimum atomic E-state index is 0. The lowest BCUT2D eigenvalue weighted by molar-refractivity contribution is 0.0170. The second kappa shape index (κ2) is 12.7. The first-order chi connectivity index (χ1) is 14.2. The molecule has 1 unspecified atom stereocenters. The second-order valence-corrected chi connectivity index (χ2v) is 6.80. The Hall–Kier alpha value is -1.92. The second-order valence-electron chi connectivity index (χ2n) is 6.80. The third-order valence-electron chi connectivity index (χ3n) is 4.87. The first-order valence-electron chi connectivity index (χ1n) is 9.89. The van der Waals surface area contributed by atoms with Crippen LogP contribution < -0.4 is 15.4 Å². The summed E-state index contributed by atoms with van der Waals surface area (Å²) in [5, 5.41) is 10.6. The molecule has 0 amide bonds. The van der Waals surface area contributed by atoms with Crippen LogP contribution >= 0.6 is 24.0 Å². The number of morpholine rings is 1. The molecule has 0 radical (unpaired) electrons. The van der Waals surface area contributed by atoms with Crippen molar-refractivity contribution in [1.29, 1.82) is 0 Å². The number of nitrogens with zero attached hydrogens (tertiary/aromatic N) is 4. The average Bonchev–Trinajstić information content (AvgIpc) is 3.18. The molecule has 0 aliphatic carbocycles. The van der Waals surface area contributed by atoms with Gasteiger partial charge in [0.1, 0.15) is 5.75 Å². The van der Waals surface area contributed by atoms with E-state index in [1.54, 1.807) is 14.2 Å². The van der Waals surface area contributed by atoms with Crippen molar-refractivity contribution in [2.75, 3.05) is 53.6 Å². The number of halogens is 1. The molecule has 9 nitrogen and oxygen atoms in total. The van der Waals surface area contributed by atoms with E-state index in [1.807, 2.05) is 19.1 Å². The number of nitrogens with one attached hydrogen (secondary N) is 2. The van der Waals surface area contributed by atoms with Gasteiger partial charge in [-0.25, -0.2) is 0 Å². The van der Waals surface area contributed by atoms with E-state index in [-0.39, 0.29) is 30.0 Å². The number of aryl methyl sites for hydroxylation is 1. The monoisotopic (exact) mass is 530 g/mol. The molecule has 166 valence electrons. The molecule has 0 bridgehead atoms. The first-order valence-corrected chi connectivity index (χ1v) is 9.89. The van der Waals surface area contributed by atoms with Crippen molar-refractivity contribution in [1.82, 2.24) is 25.7 Å². The Labute approximate surface area is 194 Å². The molecule has 0 saturated carbocycles. The Bertz CT molecular complexity index is 777. The van der Waals surface area contributed by atoms with E-state index in [1.165, 1.54) is 5.56 Å². The van der Waals surface area contributed by atoms with E-state index in [0.717, 1.165) is 44.6 Å². The molecule has 2 aromatic rings. The third kappa shape index (κ3) is 7.10. The lowest BCUT2D eigenvalue weighted by Gasteiger charge is -2.35. The molecule has 3 rings (SSSR count). The van der Waals surface area contributed by atoms with E-state index in [4.69, 9.17) is 14.0 Å². The lowest BCUT2D eigenvalue weighted by atomic mass is 10.0. The maximum atomic E-state index is 5.53. The van der Waals surface area contributed by atoms with E-state index >= 15 is 0 Å². The zero-order chi connectivity index (χ0) is 20.5. The molecule has 1 saturated heterocycles. The molecular formula is C20H31IN6O3. The Balaban J connectivity index is 0.00000320. The maximum Gasteiger partial charge on any atom is 0.228 e. The van der Waals surface area contributed by atoms with Crippen molar-refractivity contribution in [3.05, 3.63) is 41.5 Å². The molecular weight excluding hydrogens is 499 g/mol. The highest BCUT2D eigenvalue weighted by Gasteiger charge is 2.23. The minimum absolute atomic E-state index is 0. The number of aromatic nitrogens is 2. The van der Waals surface area contributed by atoms with Crippen LogP contribution in [0.3, 0.4) is 0 Å². The minimum Gasteiger partial charge on any atom is -0.497 e. The van der Waals surface area contributed by atoms with Crippen molar-refractivity contribution in [2.45, 2.75) is 19.4 Å². The summed E-state index contributed by atoms with van der Waals surface area (Å²) >= 11 is 0. The lowest BCUT2D eigenvalue weighted by Crippen LogP contribution is -2.46. The molecule has 2 N–H and O–H groups in total. The van der Waals surface area contributed by atoms with Gasteiger partial charge < -0.3 is 24.6 Å². The smallest absolute Gasteiger partial charge is 0.228 e. The highest BCUT2D eigenvalue weighted by molar-refractivity contribution is 14.0. The molecule has 1 aromatic carbocycles. The van der Waals surface area contributed by atoms with Gasteiger partial charge in [0.2, 0.25) is 5.89 Å². The zero-order valence-corrected chi connectivity index (χ0v) is 20.1. The van der Waals surface area contributed by atoms with Crippen molar-refractivity contribution in [3.8, 4) is 5.75 Å². The van der Waals surface area contributed by atoms with Crippen molar-refractivity contribution in [3.63, 3.8) is 0 Å². The number of rotatable bonds is 8. The summed E-state index contributed by atoms with van der Waals surface area (Å²) in [6, 6.07) is 8.45. The van der Waals surface area contributed by atoms with Gasteiger partial charge >= 0.3 is 0 Å². The van der Waals surface area contributed by atoms with E-state index in [9.17, 15) is 0 Å². The van der Waals surface area contributed by atoms with Crippen LogP contribution in [0.1, 0.15) is 23.3 Å². The van der Waals surface area contributed by atoms with Crippen LogP contribution in [0.5, 0.6) is 5.75 Å². The fourth-order valence-electron chi connectivity index (χ4n) is 3.32. The zero-order valence-electron chi connectivity index (χ0n) is 17.8. The number of hydrogen-bond donors (Lipinski definition) is 2. The summed E-state index contributed by atoms with van der Waals surface area (Å²) in [7, 11) is 3.45. The molecule has 10 heteroatoms. The molecule has 1 aromatic heterocycles. The van der Waals surface area contributed by atoms with E-state index in [2.05, 4.69) is 42.8 Å². The summed E-state index contributed by atoms with van der Waals surface area (Å²) in [5.41, 5.74) is 1.23. The fourth-order valence-corrected chi connectivity index (χ4v) is 3.32. The number of guanidine groups is 1. The summed E-state index contributed by atoms with van der Waals surface area (Å²) in [4.78, 5) is 11.0. The van der Waals surface area contributed by atoms with E-state index in [0.29, 0.717) is 24.7 Å². The summed E-state index contributed by atoms with van der Waals surface area (Å²) in [6.07, 6.45) is 0.646. The molecule has 1 aliphatic heterocycles. The van der Waals surface area contributed by atoms with E-state index < -0.39 is 0 Å². The van der Waals surface area contributed by atoms with Gasteiger partial charge in [0, 0.05) is 39.6 Å². The topological polar surface area (TPSA) is 97.0 Å². The number of hydrogen-bond acceptors (Lipinski definition) is 7. The van der Waals surface area contributed by atoms with Crippen LogP contribution in [-0.4, -0.2) is 74.6 Å². The van der Waals surface area contributed by atoms with Crippen LogP contribution in [0.2, 0.25) is 0 Å². The summed E-state index contributed by atoms with van der Waals surface area (Å²) in [5.74, 6) is 2.87. The molecule has 30 heavy (non-hydrogen) atoms. The largest absolute Gasteiger partial charge is 0.497 e. The SMILES string of the molecule is CN=C(NCCc1nc(C)no1)NCC(c1ccc(OC)cc1)N1CCOCC1.I. The summed E-state index contributed by atoms with van der Waals surface area (Å²) in [6.45, 7) is 6.51. The average molecular weight is 530 g/mol. The highest BCUT2D eigenvalue weighted by atomic mass is 127. The van der Waals surface area contributed by atoms with Gasteiger partial charge in [-0.2, -0.15) is 4.98 Å². The normalized spacial score (nSPS) is 15.9. The third-order valence-corrected chi connectivity index (χ3v) is 4.87. The number of methoxy groups -OCH3 is 1. The van der Waals surface area contributed by atoms with Gasteiger partial charge in [0.25, 0.3) is 0 Å². The van der Waals surface area contributed by atoms with Gasteiger partial charge in [0.05, 0.1) is 26.4 Å². The standard InChI is InChI=1S/C20H30N6O3.HI/c1-15-24-19(29-25-15)8-9-22-20(21-2)23-14-18(26-10-12-28-13-11-26)16-4-6-17(27-3)7-5-16;/h4-7,18H,8-14H2,1-3H3,(H2,21,22,23);1H. The maximum absolute atomic E-state index is 5.53. The predicted molar refractivity (Wildman–Crippen MR) is 126 cm³/mol. The Morgan fingerprint density at radius 3 is 2.57 bits per heavy atom. The molecule has 1 aliphatic rings. The van der Waals surface area contributed by atoms with Crippen molar-refractivity contribution >= 4 is 29.9 Å². The summed E-state index contributed by atoms with van der Waals surface area (Å²) < 4.78 is 16.0. The Kier molecular flexibility index (Phi) is 10.3. The highest BCUT2D eigenvalue weighted by Crippen LogP contribution is 2.23. The van der Waals surface area contributed by atoms with Crippen molar-refractivity contribution < 1.29 is 14.0 Å².